The SMILES string of the molecule is CC(=O)NC(c1ccc([N+](=O)[O-])cc1)c1ccccc1O. The van der Waals surface area contributed by atoms with E-state index in [1.807, 2.05) is 0 Å². The Hall–Kier alpha value is -2.89. The molecule has 1 amide bonds. The van der Waals surface area contributed by atoms with E-state index in [1.165, 1.54) is 25.1 Å². The van der Waals surface area contributed by atoms with E-state index in [1.54, 1.807) is 30.3 Å². The van der Waals surface area contributed by atoms with Crippen LogP contribution in [0.5, 0.6) is 5.75 Å². The number of nitrogens with zero attached hydrogens (tertiary/aromatic N) is 1. The van der Waals surface area contributed by atoms with Crippen LogP contribution in [0, 0.1) is 10.1 Å². The third-order valence-electron chi connectivity index (χ3n) is 3.03. The number of nitro benzene ring substituents is 1. The van der Waals surface area contributed by atoms with Gasteiger partial charge in [-0.05, 0) is 23.8 Å². The van der Waals surface area contributed by atoms with Gasteiger partial charge in [-0.15, -0.1) is 0 Å². The number of benzene rings is 2. The van der Waals surface area contributed by atoms with Crippen molar-refractivity contribution in [3.8, 4) is 5.75 Å². The van der Waals surface area contributed by atoms with Crippen molar-refractivity contribution in [2.24, 2.45) is 0 Å². The Morgan fingerprint density at radius 2 is 1.81 bits per heavy atom. The summed E-state index contributed by atoms with van der Waals surface area (Å²) < 4.78 is 0. The Bertz CT molecular complexity index is 668. The van der Waals surface area contributed by atoms with Gasteiger partial charge in [-0.25, -0.2) is 0 Å². The number of hydrogen-bond acceptors (Lipinski definition) is 4. The quantitative estimate of drug-likeness (QED) is 0.667. The lowest BCUT2D eigenvalue weighted by Crippen LogP contribution is -2.26. The molecule has 108 valence electrons. The summed E-state index contributed by atoms with van der Waals surface area (Å²) in [6.45, 7) is 1.37. The van der Waals surface area contributed by atoms with Gasteiger partial charge in [0.2, 0.25) is 5.91 Å². The van der Waals surface area contributed by atoms with Crippen LogP contribution in [0.4, 0.5) is 5.69 Å². The number of para-hydroxylation sites is 1. The van der Waals surface area contributed by atoms with Crippen molar-refractivity contribution in [1.82, 2.24) is 5.32 Å². The summed E-state index contributed by atoms with van der Waals surface area (Å²) in [6.07, 6.45) is 0. The normalized spacial score (nSPS) is 11.7. The van der Waals surface area contributed by atoms with Crippen LogP contribution in [0.15, 0.2) is 48.5 Å². The standard InChI is InChI=1S/C15H14N2O4/c1-10(18)16-15(13-4-2-3-5-14(13)19)11-6-8-12(9-7-11)17(20)21/h2-9,15,19H,1H3,(H,16,18). The zero-order chi connectivity index (χ0) is 15.4. The summed E-state index contributed by atoms with van der Waals surface area (Å²) >= 11 is 0. The molecular formula is C15H14N2O4. The summed E-state index contributed by atoms with van der Waals surface area (Å²) in [4.78, 5) is 21.6. The van der Waals surface area contributed by atoms with Gasteiger partial charge < -0.3 is 10.4 Å². The smallest absolute Gasteiger partial charge is 0.269 e. The molecule has 0 bridgehead atoms. The summed E-state index contributed by atoms with van der Waals surface area (Å²) in [5.41, 5.74) is 1.15. The van der Waals surface area contributed by atoms with Gasteiger partial charge in [-0.3, -0.25) is 14.9 Å². The third kappa shape index (κ3) is 3.36. The molecule has 0 aliphatic heterocycles. The molecule has 1 unspecified atom stereocenters. The lowest BCUT2D eigenvalue weighted by molar-refractivity contribution is -0.384. The Balaban J connectivity index is 2.43. The van der Waals surface area contributed by atoms with E-state index in [2.05, 4.69) is 5.32 Å². The number of nitrogens with one attached hydrogen (secondary N) is 1. The van der Waals surface area contributed by atoms with Gasteiger partial charge in [0.25, 0.3) is 5.69 Å². The van der Waals surface area contributed by atoms with Crippen LogP contribution in [0.25, 0.3) is 0 Å². The van der Waals surface area contributed by atoms with E-state index in [4.69, 9.17) is 0 Å². The fraction of sp³-hybridized carbons (Fsp3) is 0.133. The predicted molar refractivity (Wildman–Crippen MR) is 76.9 cm³/mol. The fourth-order valence-corrected chi connectivity index (χ4v) is 2.06. The van der Waals surface area contributed by atoms with E-state index in [0.717, 1.165) is 0 Å². The number of hydrogen-bond donors (Lipinski definition) is 2. The van der Waals surface area contributed by atoms with E-state index >= 15 is 0 Å². The van der Waals surface area contributed by atoms with Gasteiger partial charge in [0, 0.05) is 24.6 Å². The van der Waals surface area contributed by atoms with Crippen LogP contribution in [0.2, 0.25) is 0 Å². The second kappa shape index (κ2) is 6.04. The van der Waals surface area contributed by atoms with Crippen molar-refractivity contribution in [1.29, 1.82) is 0 Å². The molecule has 0 radical (unpaired) electrons. The van der Waals surface area contributed by atoms with Crippen molar-refractivity contribution in [3.05, 3.63) is 69.8 Å². The molecule has 0 aromatic heterocycles. The number of phenolic OH excluding ortho intramolecular Hbond substituents is 1. The predicted octanol–water partition coefficient (Wildman–Crippen LogP) is 2.53. The van der Waals surface area contributed by atoms with Gasteiger partial charge in [0.15, 0.2) is 0 Å². The van der Waals surface area contributed by atoms with E-state index in [-0.39, 0.29) is 17.3 Å². The van der Waals surface area contributed by atoms with E-state index in [9.17, 15) is 20.0 Å². The highest BCUT2D eigenvalue weighted by molar-refractivity contribution is 5.74. The molecule has 6 nitrogen and oxygen atoms in total. The minimum atomic E-state index is -0.565. The molecular weight excluding hydrogens is 272 g/mol. The van der Waals surface area contributed by atoms with Crippen LogP contribution in [-0.2, 0) is 4.79 Å². The van der Waals surface area contributed by atoms with Gasteiger partial charge in [0.1, 0.15) is 5.75 Å². The Kier molecular flexibility index (Phi) is 4.18. The summed E-state index contributed by atoms with van der Waals surface area (Å²) in [5, 5.41) is 23.4. The Labute approximate surface area is 121 Å². The van der Waals surface area contributed by atoms with Gasteiger partial charge >= 0.3 is 0 Å². The molecule has 6 heteroatoms. The van der Waals surface area contributed by atoms with Crippen molar-refractivity contribution >= 4 is 11.6 Å². The average molecular weight is 286 g/mol. The lowest BCUT2D eigenvalue weighted by atomic mass is 9.97. The first-order valence-electron chi connectivity index (χ1n) is 6.28. The largest absolute Gasteiger partial charge is 0.508 e. The maximum Gasteiger partial charge on any atom is 0.269 e. The second-order valence-corrected chi connectivity index (χ2v) is 4.54. The minimum Gasteiger partial charge on any atom is -0.508 e. The highest BCUT2D eigenvalue weighted by atomic mass is 16.6. The molecule has 0 heterocycles. The monoisotopic (exact) mass is 286 g/mol. The molecule has 1 atom stereocenters. The number of aromatic hydroxyl groups is 1. The number of carbonyl (C=O) groups excluding carboxylic acids is 1. The molecule has 2 N–H and O–H groups in total. The van der Waals surface area contributed by atoms with Crippen LogP contribution < -0.4 is 5.32 Å². The number of carbonyl (C=O) groups is 1. The summed E-state index contributed by atoms with van der Waals surface area (Å²) in [6, 6.07) is 11.9. The molecule has 2 aromatic rings. The van der Waals surface area contributed by atoms with Crippen LogP contribution in [0.3, 0.4) is 0 Å². The molecule has 2 rings (SSSR count). The van der Waals surface area contributed by atoms with Crippen LogP contribution in [-0.4, -0.2) is 15.9 Å². The molecule has 0 saturated carbocycles. The van der Waals surface area contributed by atoms with Crippen molar-refractivity contribution in [2.45, 2.75) is 13.0 Å². The summed E-state index contributed by atoms with van der Waals surface area (Å²) in [5.74, 6) is -0.212. The van der Waals surface area contributed by atoms with Gasteiger partial charge in [-0.2, -0.15) is 0 Å². The maximum atomic E-state index is 11.4. The maximum absolute atomic E-state index is 11.4. The van der Waals surface area contributed by atoms with Crippen LogP contribution in [0.1, 0.15) is 24.1 Å². The first-order valence-corrected chi connectivity index (χ1v) is 6.28. The molecule has 0 fully saturated rings. The lowest BCUT2D eigenvalue weighted by Gasteiger charge is -2.19. The Morgan fingerprint density at radius 3 is 2.33 bits per heavy atom. The van der Waals surface area contributed by atoms with Crippen molar-refractivity contribution < 1.29 is 14.8 Å². The van der Waals surface area contributed by atoms with Gasteiger partial charge in [0.05, 0.1) is 11.0 Å². The first-order chi connectivity index (χ1) is 9.99. The first kappa shape index (κ1) is 14.5. The molecule has 0 aliphatic rings. The number of amides is 1. The van der Waals surface area contributed by atoms with Crippen molar-refractivity contribution in [3.63, 3.8) is 0 Å². The van der Waals surface area contributed by atoms with E-state index in [0.29, 0.717) is 11.1 Å². The molecule has 0 aliphatic carbocycles. The highest BCUT2D eigenvalue weighted by Gasteiger charge is 2.19. The van der Waals surface area contributed by atoms with Crippen LogP contribution >= 0.6 is 0 Å². The average Bonchev–Trinajstić information content (AvgIpc) is 2.45. The molecule has 21 heavy (non-hydrogen) atoms. The summed E-state index contributed by atoms with van der Waals surface area (Å²) in [7, 11) is 0. The number of phenols is 1. The zero-order valence-corrected chi connectivity index (χ0v) is 11.3. The zero-order valence-electron chi connectivity index (χ0n) is 11.3. The Morgan fingerprint density at radius 1 is 1.19 bits per heavy atom. The minimum absolute atomic E-state index is 0.0300. The third-order valence-corrected chi connectivity index (χ3v) is 3.03. The van der Waals surface area contributed by atoms with Crippen molar-refractivity contribution in [2.75, 3.05) is 0 Å². The molecule has 0 saturated heterocycles. The molecule has 2 aromatic carbocycles. The van der Waals surface area contributed by atoms with E-state index < -0.39 is 11.0 Å². The van der Waals surface area contributed by atoms with Gasteiger partial charge in [-0.1, -0.05) is 18.2 Å². The number of rotatable bonds is 4. The number of nitro groups is 1. The second-order valence-electron chi connectivity index (χ2n) is 4.54. The molecule has 0 spiro atoms. The fourth-order valence-electron chi connectivity index (χ4n) is 2.06. The number of non-ortho nitro benzene ring substituents is 1. The highest BCUT2D eigenvalue weighted by Crippen LogP contribution is 2.30. The topological polar surface area (TPSA) is 92.5 Å².